The molecule has 1 heterocycles. The molecule has 1 amide bonds. The van der Waals surface area contributed by atoms with Gasteiger partial charge in [0.1, 0.15) is 6.10 Å². The second-order valence-corrected chi connectivity index (χ2v) is 7.47. The Bertz CT molecular complexity index is 619. The molecular weight excluding hydrogens is 314 g/mol. The molecule has 3 atom stereocenters. The summed E-state index contributed by atoms with van der Waals surface area (Å²) in [5.74, 6) is 0.737. The van der Waals surface area contributed by atoms with Crippen molar-refractivity contribution in [2.75, 3.05) is 19.8 Å². The highest BCUT2D eigenvalue weighted by atomic mass is 16.5. The molecule has 0 bridgehead atoms. The molecule has 2 fully saturated rings. The quantitative estimate of drug-likeness (QED) is 0.773. The fourth-order valence-corrected chi connectivity index (χ4v) is 4.75. The van der Waals surface area contributed by atoms with Gasteiger partial charge in [-0.05, 0) is 42.7 Å². The van der Waals surface area contributed by atoms with Gasteiger partial charge >= 0.3 is 0 Å². The molecule has 1 aromatic carbocycles. The summed E-state index contributed by atoms with van der Waals surface area (Å²) in [5.41, 5.74) is 2.83. The Balaban J connectivity index is 1.37. The van der Waals surface area contributed by atoms with E-state index < -0.39 is 0 Å². The van der Waals surface area contributed by atoms with Crippen LogP contribution in [0.3, 0.4) is 0 Å². The van der Waals surface area contributed by atoms with Crippen molar-refractivity contribution in [3.63, 3.8) is 0 Å². The highest BCUT2D eigenvalue weighted by Gasteiger charge is 2.45. The first kappa shape index (κ1) is 16.8. The second kappa shape index (κ2) is 7.30. The normalized spacial score (nSPS) is 28.6. The molecule has 0 unspecified atom stereocenters. The Morgan fingerprint density at radius 2 is 2.04 bits per heavy atom. The summed E-state index contributed by atoms with van der Waals surface area (Å²) in [4.78, 5) is 15.1. The zero-order valence-corrected chi connectivity index (χ0v) is 14.7. The minimum Gasteiger partial charge on any atom is -0.372 e. The number of amides is 1. The van der Waals surface area contributed by atoms with Crippen LogP contribution in [0.25, 0.3) is 0 Å². The average molecular weight is 341 g/mol. The number of hydrogen-bond acceptors (Lipinski definition) is 3. The van der Waals surface area contributed by atoms with Crippen molar-refractivity contribution in [2.24, 2.45) is 5.92 Å². The predicted octanol–water partition coefficient (Wildman–Crippen LogP) is 2.75. The molecule has 4 rings (SSSR count). The van der Waals surface area contributed by atoms with Crippen LogP contribution in [-0.2, 0) is 27.1 Å². The molecule has 1 aliphatic heterocycles. The van der Waals surface area contributed by atoms with Gasteiger partial charge in [-0.25, -0.2) is 0 Å². The van der Waals surface area contributed by atoms with Gasteiger partial charge in [0.05, 0.1) is 25.4 Å². The maximum absolute atomic E-state index is 13.0. The third-order valence-corrected chi connectivity index (χ3v) is 5.88. The van der Waals surface area contributed by atoms with Crippen molar-refractivity contribution in [3.05, 3.63) is 48.0 Å². The second-order valence-electron chi connectivity index (χ2n) is 7.47. The molecule has 1 aromatic rings. The van der Waals surface area contributed by atoms with E-state index in [9.17, 15) is 4.79 Å². The number of fused-ring (bicyclic) bond motifs is 2. The third-order valence-electron chi connectivity index (χ3n) is 5.88. The van der Waals surface area contributed by atoms with E-state index in [4.69, 9.17) is 9.47 Å². The zero-order chi connectivity index (χ0) is 17.2. The van der Waals surface area contributed by atoms with E-state index in [0.29, 0.717) is 38.0 Å². The lowest BCUT2D eigenvalue weighted by atomic mass is 10.00. The molecule has 0 spiro atoms. The minimum atomic E-state index is 0.0263. The summed E-state index contributed by atoms with van der Waals surface area (Å²) in [7, 11) is 0. The molecule has 3 aliphatic rings. The lowest BCUT2D eigenvalue weighted by molar-refractivity contribution is -0.151. The molecule has 1 saturated heterocycles. The van der Waals surface area contributed by atoms with Crippen molar-refractivity contribution < 1.29 is 14.3 Å². The number of nitrogens with zero attached hydrogens (tertiary/aromatic N) is 1. The summed E-state index contributed by atoms with van der Waals surface area (Å²) >= 11 is 0. The van der Waals surface area contributed by atoms with Crippen LogP contribution in [0.1, 0.15) is 30.4 Å². The van der Waals surface area contributed by atoms with Gasteiger partial charge in [0, 0.05) is 13.0 Å². The van der Waals surface area contributed by atoms with Gasteiger partial charge in [-0.3, -0.25) is 4.79 Å². The van der Waals surface area contributed by atoms with E-state index in [2.05, 4.69) is 35.7 Å². The number of carbonyl (C=O) groups excluding carboxylic acids is 1. The Labute approximate surface area is 149 Å². The van der Waals surface area contributed by atoms with E-state index in [1.165, 1.54) is 11.1 Å². The average Bonchev–Trinajstić information content (AvgIpc) is 3.22. The first-order valence-electron chi connectivity index (χ1n) is 9.46. The molecule has 0 aromatic heterocycles. The van der Waals surface area contributed by atoms with Gasteiger partial charge in [0.2, 0.25) is 5.91 Å². The van der Waals surface area contributed by atoms with E-state index in [1.807, 2.05) is 0 Å². The van der Waals surface area contributed by atoms with E-state index in [0.717, 1.165) is 25.7 Å². The molecule has 25 heavy (non-hydrogen) atoms. The molecule has 0 N–H and O–H groups in total. The van der Waals surface area contributed by atoms with Crippen molar-refractivity contribution in [1.29, 1.82) is 0 Å². The zero-order valence-electron chi connectivity index (χ0n) is 14.7. The molecular formula is C21H27NO3. The van der Waals surface area contributed by atoms with Crippen molar-refractivity contribution in [2.45, 2.75) is 50.4 Å². The highest BCUT2D eigenvalue weighted by molar-refractivity contribution is 5.77. The van der Waals surface area contributed by atoms with Crippen LogP contribution in [0, 0.1) is 5.92 Å². The van der Waals surface area contributed by atoms with Crippen molar-refractivity contribution in [3.8, 4) is 0 Å². The Hall–Kier alpha value is -1.65. The van der Waals surface area contributed by atoms with Gasteiger partial charge < -0.3 is 14.4 Å². The SMILES string of the molecule is C=CCO[C@@H]1CC[C@@H]2[C@@H]1OCCN2C(=O)CC1Cc2ccccc2C1. The summed E-state index contributed by atoms with van der Waals surface area (Å²) in [6.07, 6.45) is 6.54. The maximum Gasteiger partial charge on any atom is 0.223 e. The first-order valence-corrected chi connectivity index (χ1v) is 9.46. The molecule has 134 valence electrons. The van der Waals surface area contributed by atoms with Crippen LogP contribution < -0.4 is 0 Å². The molecule has 1 saturated carbocycles. The molecule has 2 aliphatic carbocycles. The monoisotopic (exact) mass is 341 g/mol. The molecule has 4 nitrogen and oxygen atoms in total. The first-order chi connectivity index (χ1) is 12.3. The van der Waals surface area contributed by atoms with Crippen LogP contribution in [-0.4, -0.2) is 48.8 Å². The minimum absolute atomic E-state index is 0.0263. The van der Waals surface area contributed by atoms with Gasteiger partial charge in [-0.2, -0.15) is 0 Å². The van der Waals surface area contributed by atoms with Crippen LogP contribution >= 0.6 is 0 Å². The molecule has 0 radical (unpaired) electrons. The number of carbonyl (C=O) groups is 1. The Kier molecular flexibility index (Phi) is 4.91. The van der Waals surface area contributed by atoms with Gasteiger partial charge in [0.25, 0.3) is 0 Å². The van der Waals surface area contributed by atoms with Crippen molar-refractivity contribution >= 4 is 5.91 Å². The lowest BCUT2D eigenvalue weighted by Gasteiger charge is -2.39. The molecule has 4 heteroatoms. The summed E-state index contributed by atoms with van der Waals surface area (Å²) in [6, 6.07) is 8.76. The maximum atomic E-state index is 13.0. The number of benzene rings is 1. The highest BCUT2D eigenvalue weighted by Crippen LogP contribution is 2.34. The summed E-state index contributed by atoms with van der Waals surface area (Å²) in [5, 5.41) is 0. The van der Waals surface area contributed by atoms with Gasteiger partial charge in [-0.15, -0.1) is 6.58 Å². The Morgan fingerprint density at radius 1 is 1.28 bits per heavy atom. The number of morpholine rings is 1. The van der Waals surface area contributed by atoms with Gasteiger partial charge in [-0.1, -0.05) is 30.3 Å². The van der Waals surface area contributed by atoms with E-state index in [-0.39, 0.29) is 18.2 Å². The van der Waals surface area contributed by atoms with Crippen LogP contribution in [0.2, 0.25) is 0 Å². The largest absolute Gasteiger partial charge is 0.372 e. The number of ether oxygens (including phenoxy) is 2. The summed E-state index contributed by atoms with van der Waals surface area (Å²) in [6.45, 7) is 5.59. The van der Waals surface area contributed by atoms with E-state index in [1.54, 1.807) is 6.08 Å². The standard InChI is InChI=1S/C21H27NO3/c1-2-10-24-19-8-7-18-21(19)25-11-9-22(18)20(23)14-15-12-16-5-3-4-6-17(16)13-15/h2-6,15,18-19,21H,1,7-14H2/t18-,19-,21+/m1/s1. The summed E-state index contributed by atoms with van der Waals surface area (Å²) < 4.78 is 11.8. The Morgan fingerprint density at radius 3 is 2.76 bits per heavy atom. The number of rotatable bonds is 5. The van der Waals surface area contributed by atoms with Crippen LogP contribution in [0.5, 0.6) is 0 Å². The van der Waals surface area contributed by atoms with Crippen molar-refractivity contribution in [1.82, 2.24) is 4.90 Å². The van der Waals surface area contributed by atoms with Gasteiger partial charge in [0.15, 0.2) is 0 Å². The third kappa shape index (κ3) is 3.38. The number of hydrogen-bond donors (Lipinski definition) is 0. The fourth-order valence-electron chi connectivity index (χ4n) is 4.75. The van der Waals surface area contributed by atoms with Crippen LogP contribution in [0.4, 0.5) is 0 Å². The predicted molar refractivity (Wildman–Crippen MR) is 96.4 cm³/mol. The van der Waals surface area contributed by atoms with E-state index >= 15 is 0 Å². The smallest absolute Gasteiger partial charge is 0.223 e. The van der Waals surface area contributed by atoms with Crippen LogP contribution in [0.15, 0.2) is 36.9 Å². The lowest BCUT2D eigenvalue weighted by Crippen LogP contribution is -2.54. The topological polar surface area (TPSA) is 38.8 Å². The fraction of sp³-hybridized carbons (Fsp3) is 0.571.